The monoisotopic (exact) mass is 506 g/mol. The number of amides is 1. The smallest absolute Gasteiger partial charge is 0.251 e. The van der Waals surface area contributed by atoms with Gasteiger partial charge in [0.2, 0.25) is 10.0 Å². The van der Waals surface area contributed by atoms with Gasteiger partial charge in [-0.1, -0.05) is 53.5 Å². The number of aryl methyl sites for hydroxylation is 1. The molecule has 0 aliphatic carbocycles. The van der Waals surface area contributed by atoms with Gasteiger partial charge in [0, 0.05) is 10.6 Å². The van der Waals surface area contributed by atoms with Gasteiger partial charge in [-0.2, -0.15) is 0 Å². The quantitative estimate of drug-likeness (QED) is 0.410. The molecule has 0 unspecified atom stereocenters. The lowest BCUT2D eigenvalue weighted by molar-refractivity contribution is 0.0947. The number of para-hydroxylation sites is 1. The Morgan fingerprint density at radius 3 is 2.39 bits per heavy atom. The van der Waals surface area contributed by atoms with E-state index in [2.05, 4.69) is 5.32 Å². The third kappa shape index (κ3) is 6.87. The molecule has 174 valence electrons. The number of nitrogens with one attached hydrogen (secondary N) is 1. The van der Waals surface area contributed by atoms with Gasteiger partial charge in [0.05, 0.1) is 30.1 Å². The molecule has 1 amide bonds. The summed E-state index contributed by atoms with van der Waals surface area (Å²) in [5, 5.41) is 3.46. The van der Waals surface area contributed by atoms with E-state index in [0.717, 1.165) is 17.6 Å². The number of anilines is 1. The van der Waals surface area contributed by atoms with E-state index in [-0.39, 0.29) is 17.5 Å². The molecule has 0 atom stereocenters. The molecule has 0 spiro atoms. The second kappa shape index (κ2) is 10.9. The molecule has 0 saturated heterocycles. The van der Waals surface area contributed by atoms with Crippen LogP contribution in [0, 0.1) is 6.92 Å². The van der Waals surface area contributed by atoms with Crippen LogP contribution in [0.3, 0.4) is 0 Å². The minimum absolute atomic E-state index is 0.0467. The summed E-state index contributed by atoms with van der Waals surface area (Å²) in [6.45, 7) is 2.70. The molecule has 3 aromatic carbocycles. The van der Waals surface area contributed by atoms with Gasteiger partial charge in [-0.25, -0.2) is 8.42 Å². The number of hydrogen-bond donors (Lipinski definition) is 1. The second-order valence-electron chi connectivity index (χ2n) is 7.43. The first-order valence-electron chi connectivity index (χ1n) is 10.1. The molecular weight excluding hydrogens is 483 g/mol. The molecule has 0 bridgehead atoms. The highest BCUT2D eigenvalue weighted by Gasteiger charge is 2.21. The van der Waals surface area contributed by atoms with Crippen LogP contribution in [-0.4, -0.2) is 33.7 Å². The number of ether oxygens (including phenoxy) is 1. The number of carbonyl (C=O) groups is 1. The Morgan fingerprint density at radius 1 is 1.03 bits per heavy atom. The Bertz CT molecular complexity index is 1230. The van der Waals surface area contributed by atoms with Gasteiger partial charge < -0.3 is 10.1 Å². The fourth-order valence-corrected chi connectivity index (χ4v) is 4.46. The summed E-state index contributed by atoms with van der Waals surface area (Å²) in [6.07, 6.45) is 1.10. The number of hydrogen-bond acceptors (Lipinski definition) is 4. The van der Waals surface area contributed by atoms with Gasteiger partial charge in [-0.3, -0.25) is 9.10 Å². The highest BCUT2D eigenvalue weighted by atomic mass is 35.5. The fraction of sp³-hybridized carbons (Fsp3) is 0.208. The number of nitrogens with zero attached hydrogens (tertiary/aromatic N) is 1. The van der Waals surface area contributed by atoms with Crippen molar-refractivity contribution >= 4 is 44.8 Å². The molecular formula is C24H24Cl2N2O4S. The van der Waals surface area contributed by atoms with E-state index in [1.54, 1.807) is 36.4 Å². The highest BCUT2D eigenvalue weighted by Crippen LogP contribution is 2.31. The molecule has 0 fully saturated rings. The fourth-order valence-electron chi connectivity index (χ4n) is 3.13. The summed E-state index contributed by atoms with van der Waals surface area (Å²) in [6, 6.07) is 19.0. The number of benzene rings is 3. The van der Waals surface area contributed by atoms with E-state index in [1.807, 2.05) is 31.2 Å². The molecule has 0 aliphatic heterocycles. The lowest BCUT2D eigenvalue weighted by atomic mass is 10.1. The molecule has 0 radical (unpaired) electrons. The first-order chi connectivity index (χ1) is 15.6. The van der Waals surface area contributed by atoms with Crippen molar-refractivity contribution in [1.29, 1.82) is 0 Å². The first kappa shape index (κ1) is 24.9. The van der Waals surface area contributed by atoms with Crippen molar-refractivity contribution in [3.8, 4) is 5.75 Å². The predicted molar refractivity (Wildman–Crippen MR) is 133 cm³/mol. The van der Waals surface area contributed by atoms with E-state index in [1.165, 1.54) is 10.4 Å². The lowest BCUT2D eigenvalue weighted by Crippen LogP contribution is -2.30. The second-order valence-corrected chi connectivity index (χ2v) is 10.2. The van der Waals surface area contributed by atoms with Crippen molar-refractivity contribution in [3.05, 3.63) is 93.5 Å². The van der Waals surface area contributed by atoms with Crippen molar-refractivity contribution in [3.63, 3.8) is 0 Å². The molecule has 1 N–H and O–H groups in total. The van der Waals surface area contributed by atoms with Gasteiger partial charge in [0.15, 0.2) is 0 Å². The summed E-state index contributed by atoms with van der Waals surface area (Å²) < 4.78 is 31.6. The molecule has 3 aromatic rings. The van der Waals surface area contributed by atoms with Crippen LogP contribution < -0.4 is 14.4 Å². The minimum Gasteiger partial charge on any atom is -0.491 e. The maximum Gasteiger partial charge on any atom is 0.251 e. The Morgan fingerprint density at radius 2 is 1.73 bits per heavy atom. The SMILES string of the molecule is Cc1ccccc1OCCNC(=O)c1ccc(CN(c2cc(Cl)ccc2Cl)S(C)(=O)=O)cc1. The Labute approximate surface area is 204 Å². The van der Waals surface area contributed by atoms with Crippen molar-refractivity contribution in [2.75, 3.05) is 23.7 Å². The number of halogens is 2. The molecule has 0 aromatic heterocycles. The van der Waals surface area contributed by atoms with Gasteiger partial charge in [-0.15, -0.1) is 0 Å². The van der Waals surface area contributed by atoms with E-state index in [9.17, 15) is 13.2 Å². The number of carbonyl (C=O) groups excluding carboxylic acids is 1. The van der Waals surface area contributed by atoms with Crippen LogP contribution in [0.5, 0.6) is 5.75 Å². The maximum atomic E-state index is 12.4. The lowest BCUT2D eigenvalue weighted by Gasteiger charge is -2.24. The van der Waals surface area contributed by atoms with Crippen LogP contribution in [-0.2, 0) is 16.6 Å². The van der Waals surface area contributed by atoms with E-state index >= 15 is 0 Å². The van der Waals surface area contributed by atoms with Gasteiger partial charge >= 0.3 is 0 Å². The molecule has 3 rings (SSSR count). The van der Waals surface area contributed by atoms with E-state index < -0.39 is 10.0 Å². The van der Waals surface area contributed by atoms with Crippen molar-refractivity contribution in [2.24, 2.45) is 0 Å². The van der Waals surface area contributed by atoms with Crippen LogP contribution in [0.25, 0.3) is 0 Å². The summed E-state index contributed by atoms with van der Waals surface area (Å²) in [5.41, 5.74) is 2.47. The standard InChI is InChI=1S/C24H24Cl2N2O4S/c1-17-5-3-4-6-23(17)32-14-13-27-24(29)19-9-7-18(8-10-19)16-28(33(2,30)31)22-15-20(25)11-12-21(22)26/h3-12,15H,13-14,16H2,1-2H3,(H,27,29). The zero-order valence-corrected chi connectivity index (χ0v) is 20.5. The van der Waals surface area contributed by atoms with Gasteiger partial charge in [0.25, 0.3) is 5.91 Å². The highest BCUT2D eigenvalue weighted by molar-refractivity contribution is 7.92. The van der Waals surface area contributed by atoms with E-state index in [0.29, 0.717) is 35.0 Å². The summed E-state index contributed by atoms with van der Waals surface area (Å²) in [4.78, 5) is 12.4. The first-order valence-corrected chi connectivity index (χ1v) is 12.7. The third-order valence-electron chi connectivity index (χ3n) is 4.86. The van der Waals surface area contributed by atoms with Crippen molar-refractivity contribution < 1.29 is 17.9 Å². The zero-order chi connectivity index (χ0) is 24.0. The Hall–Kier alpha value is -2.74. The Balaban J connectivity index is 1.62. The van der Waals surface area contributed by atoms with Crippen LogP contribution in [0.2, 0.25) is 10.0 Å². The summed E-state index contributed by atoms with van der Waals surface area (Å²) in [5.74, 6) is 0.541. The number of sulfonamides is 1. The largest absolute Gasteiger partial charge is 0.491 e. The third-order valence-corrected chi connectivity index (χ3v) is 6.54. The topological polar surface area (TPSA) is 75.7 Å². The molecule has 33 heavy (non-hydrogen) atoms. The average molecular weight is 507 g/mol. The molecule has 0 heterocycles. The van der Waals surface area contributed by atoms with Crippen LogP contribution in [0.4, 0.5) is 5.69 Å². The van der Waals surface area contributed by atoms with Crippen LogP contribution in [0.15, 0.2) is 66.7 Å². The summed E-state index contributed by atoms with van der Waals surface area (Å²) >= 11 is 12.2. The van der Waals surface area contributed by atoms with Crippen molar-refractivity contribution in [1.82, 2.24) is 5.32 Å². The number of rotatable bonds is 9. The zero-order valence-electron chi connectivity index (χ0n) is 18.2. The molecule has 0 aliphatic rings. The summed E-state index contributed by atoms with van der Waals surface area (Å²) in [7, 11) is -3.63. The molecule has 0 saturated carbocycles. The van der Waals surface area contributed by atoms with Gasteiger partial charge in [0.1, 0.15) is 12.4 Å². The molecule has 9 heteroatoms. The Kier molecular flexibility index (Phi) is 8.24. The average Bonchev–Trinajstić information content (AvgIpc) is 2.77. The minimum atomic E-state index is -3.63. The van der Waals surface area contributed by atoms with Crippen molar-refractivity contribution in [2.45, 2.75) is 13.5 Å². The van der Waals surface area contributed by atoms with Gasteiger partial charge in [-0.05, 0) is 54.4 Å². The predicted octanol–water partition coefficient (Wildman–Crippen LogP) is 5.08. The molecule has 6 nitrogen and oxygen atoms in total. The van der Waals surface area contributed by atoms with Crippen LogP contribution >= 0.6 is 23.2 Å². The normalized spacial score (nSPS) is 11.2. The van der Waals surface area contributed by atoms with Crippen LogP contribution in [0.1, 0.15) is 21.5 Å². The van der Waals surface area contributed by atoms with E-state index in [4.69, 9.17) is 27.9 Å². The maximum absolute atomic E-state index is 12.4.